The van der Waals surface area contributed by atoms with Gasteiger partial charge in [0, 0.05) is 12.1 Å². The van der Waals surface area contributed by atoms with Gasteiger partial charge in [-0.1, -0.05) is 5.92 Å². The number of anilines is 1. The Morgan fingerprint density at radius 3 is 3.14 bits per heavy atom. The number of aromatic nitrogens is 4. The maximum absolute atomic E-state index is 14.0. The third kappa shape index (κ3) is 3.96. The minimum Gasteiger partial charge on any atom is -0.433 e. The molecule has 1 amide bonds. The maximum atomic E-state index is 14.0. The molecule has 4 heterocycles. The topological polar surface area (TPSA) is 110 Å². The number of amides is 1. The molecule has 0 radical (unpaired) electrons. The third-order valence-electron chi connectivity index (χ3n) is 4.74. The number of rotatable bonds is 3. The van der Waals surface area contributed by atoms with Gasteiger partial charge in [-0.3, -0.25) is 0 Å². The van der Waals surface area contributed by atoms with Crippen molar-refractivity contribution in [2.45, 2.75) is 31.9 Å². The van der Waals surface area contributed by atoms with Crippen molar-refractivity contribution in [3.05, 3.63) is 47.8 Å². The minimum atomic E-state index is -0.902. The molecule has 0 aliphatic carbocycles. The number of halogens is 1. The average Bonchev–Trinajstić information content (AvgIpc) is 3.35. The summed E-state index contributed by atoms with van der Waals surface area (Å²) in [7, 11) is 0. The number of primary amides is 1. The van der Waals surface area contributed by atoms with Crippen molar-refractivity contribution in [1.29, 1.82) is 0 Å². The summed E-state index contributed by atoms with van der Waals surface area (Å²) in [5.41, 5.74) is 7.60. The van der Waals surface area contributed by atoms with Gasteiger partial charge >= 0.3 is 6.09 Å². The Kier molecular flexibility index (Phi) is 4.99. The zero-order valence-electron chi connectivity index (χ0n) is 15.7. The Hall–Kier alpha value is -3.67. The summed E-state index contributed by atoms with van der Waals surface area (Å²) in [6.07, 6.45) is 2.86. The van der Waals surface area contributed by atoms with E-state index < -0.39 is 18.0 Å². The lowest BCUT2D eigenvalue weighted by molar-refractivity contribution is 0.141. The Bertz CT molecular complexity index is 1120. The van der Waals surface area contributed by atoms with Crippen molar-refractivity contribution in [2.24, 2.45) is 5.73 Å². The third-order valence-corrected chi connectivity index (χ3v) is 4.74. The van der Waals surface area contributed by atoms with Crippen LogP contribution in [0.2, 0.25) is 0 Å². The second-order valence-corrected chi connectivity index (χ2v) is 6.73. The number of pyridine rings is 2. The Balaban J connectivity index is 1.68. The lowest BCUT2D eigenvalue weighted by Gasteiger charge is -2.26. The monoisotopic (exact) mass is 394 g/mol. The minimum absolute atomic E-state index is 0.126. The molecule has 0 aromatic carbocycles. The van der Waals surface area contributed by atoms with E-state index in [1.54, 1.807) is 13.3 Å². The van der Waals surface area contributed by atoms with Crippen LogP contribution in [0.4, 0.5) is 15.0 Å². The van der Waals surface area contributed by atoms with E-state index >= 15 is 0 Å². The molecule has 9 heteroatoms. The van der Waals surface area contributed by atoms with Crippen molar-refractivity contribution in [1.82, 2.24) is 19.9 Å². The van der Waals surface area contributed by atoms with E-state index in [1.165, 1.54) is 6.07 Å². The summed E-state index contributed by atoms with van der Waals surface area (Å²) in [6, 6.07) is 5.17. The highest BCUT2D eigenvalue weighted by molar-refractivity contribution is 5.72. The van der Waals surface area contributed by atoms with Gasteiger partial charge in [-0.2, -0.15) is 0 Å². The van der Waals surface area contributed by atoms with Crippen molar-refractivity contribution >= 4 is 23.1 Å². The van der Waals surface area contributed by atoms with E-state index in [4.69, 9.17) is 10.5 Å². The van der Waals surface area contributed by atoms with Crippen LogP contribution in [0.1, 0.15) is 37.1 Å². The van der Waals surface area contributed by atoms with Gasteiger partial charge in [0.2, 0.25) is 0 Å². The Labute approximate surface area is 166 Å². The van der Waals surface area contributed by atoms with Crippen molar-refractivity contribution in [3.8, 4) is 11.8 Å². The molecule has 0 bridgehead atoms. The first kappa shape index (κ1) is 18.7. The van der Waals surface area contributed by atoms with Crippen molar-refractivity contribution in [2.75, 3.05) is 11.4 Å². The van der Waals surface area contributed by atoms with Crippen LogP contribution in [0, 0.1) is 17.7 Å². The van der Waals surface area contributed by atoms with Crippen LogP contribution >= 0.6 is 0 Å². The molecule has 2 atom stereocenters. The van der Waals surface area contributed by atoms with E-state index in [1.807, 2.05) is 12.1 Å². The van der Waals surface area contributed by atoms with Gasteiger partial charge in [0.15, 0.2) is 11.8 Å². The van der Waals surface area contributed by atoms with Gasteiger partial charge in [0.05, 0.1) is 24.1 Å². The Morgan fingerprint density at radius 1 is 1.45 bits per heavy atom. The zero-order valence-corrected chi connectivity index (χ0v) is 15.7. The summed E-state index contributed by atoms with van der Waals surface area (Å²) in [5.74, 6) is 6.01. The number of H-pyrrole nitrogens is 1. The predicted molar refractivity (Wildman–Crippen MR) is 104 cm³/mol. The highest BCUT2D eigenvalue weighted by Gasteiger charge is 2.30. The summed E-state index contributed by atoms with van der Waals surface area (Å²) in [5, 5.41) is 0. The number of nitrogens with one attached hydrogen (secondary N) is 1. The predicted octanol–water partition coefficient (Wildman–Crippen LogP) is 2.67. The summed E-state index contributed by atoms with van der Waals surface area (Å²) in [6.45, 7) is 2.38. The highest BCUT2D eigenvalue weighted by Crippen LogP contribution is 2.36. The lowest BCUT2D eigenvalue weighted by atomic mass is 10.0. The largest absolute Gasteiger partial charge is 0.433 e. The van der Waals surface area contributed by atoms with Gasteiger partial charge in [-0.05, 0) is 43.9 Å². The standard InChI is InChI=1S/C20H19FN6O2/c1-12(29-20(22)28)4-5-15-14(9-13(21)10-23-15)17-3-2-8-27(17)18-7-6-16-19(26-18)25-11-24-16/h6-7,9-12,17H,2-3,8H2,1H3,(H2,22,28)(H,24,25,26). The second kappa shape index (κ2) is 7.75. The molecule has 29 heavy (non-hydrogen) atoms. The van der Waals surface area contributed by atoms with Crippen LogP contribution in [-0.2, 0) is 4.74 Å². The van der Waals surface area contributed by atoms with E-state index in [-0.39, 0.29) is 6.04 Å². The average molecular weight is 394 g/mol. The molecule has 3 N–H and O–H groups in total. The molecule has 0 saturated carbocycles. The fourth-order valence-corrected chi connectivity index (χ4v) is 3.52. The zero-order chi connectivity index (χ0) is 20.4. The number of fused-ring (bicyclic) bond motifs is 1. The van der Waals surface area contributed by atoms with Crippen LogP contribution in [0.3, 0.4) is 0 Å². The number of ether oxygens (including phenoxy) is 1. The van der Waals surface area contributed by atoms with Crippen LogP contribution in [0.25, 0.3) is 11.2 Å². The molecular weight excluding hydrogens is 375 g/mol. The van der Waals surface area contributed by atoms with Crippen LogP contribution in [0.15, 0.2) is 30.7 Å². The lowest BCUT2D eigenvalue weighted by Crippen LogP contribution is -2.24. The smallest absolute Gasteiger partial charge is 0.405 e. The molecule has 148 valence electrons. The number of aromatic amines is 1. The van der Waals surface area contributed by atoms with Gasteiger partial charge in [0.25, 0.3) is 0 Å². The van der Waals surface area contributed by atoms with Crippen LogP contribution in [0.5, 0.6) is 0 Å². The molecular formula is C20H19FN6O2. The molecule has 2 unspecified atom stereocenters. The van der Waals surface area contributed by atoms with Crippen molar-refractivity contribution < 1.29 is 13.9 Å². The molecule has 1 aliphatic rings. The van der Waals surface area contributed by atoms with Gasteiger partial charge in [-0.25, -0.2) is 24.1 Å². The van der Waals surface area contributed by atoms with E-state index in [2.05, 4.69) is 36.7 Å². The molecule has 8 nitrogen and oxygen atoms in total. The number of nitrogens with zero attached hydrogens (tertiary/aromatic N) is 4. The first-order chi connectivity index (χ1) is 14.0. The highest BCUT2D eigenvalue weighted by atomic mass is 19.1. The molecule has 1 fully saturated rings. The normalized spacial score (nSPS) is 17.0. The van der Waals surface area contributed by atoms with Gasteiger partial charge < -0.3 is 20.4 Å². The molecule has 3 aromatic heterocycles. The van der Waals surface area contributed by atoms with E-state index in [9.17, 15) is 9.18 Å². The number of hydrogen-bond donors (Lipinski definition) is 2. The maximum Gasteiger partial charge on any atom is 0.405 e. The van der Waals surface area contributed by atoms with Gasteiger partial charge in [0.1, 0.15) is 17.3 Å². The van der Waals surface area contributed by atoms with E-state index in [0.29, 0.717) is 16.9 Å². The number of carbonyl (C=O) groups excluding carboxylic acids is 1. The first-order valence-electron chi connectivity index (χ1n) is 9.21. The van der Waals surface area contributed by atoms with Crippen LogP contribution < -0.4 is 10.6 Å². The fourth-order valence-electron chi connectivity index (χ4n) is 3.52. The number of hydrogen-bond acceptors (Lipinski definition) is 6. The summed E-state index contributed by atoms with van der Waals surface area (Å²) < 4.78 is 18.8. The summed E-state index contributed by atoms with van der Waals surface area (Å²) in [4.78, 5) is 29.0. The molecule has 1 saturated heterocycles. The van der Waals surface area contributed by atoms with E-state index in [0.717, 1.165) is 36.9 Å². The molecule has 4 rings (SSSR count). The second-order valence-electron chi connectivity index (χ2n) is 6.73. The molecule has 0 spiro atoms. The van der Waals surface area contributed by atoms with Crippen molar-refractivity contribution in [3.63, 3.8) is 0 Å². The van der Waals surface area contributed by atoms with Crippen LogP contribution in [-0.4, -0.2) is 38.7 Å². The number of carbonyl (C=O) groups is 1. The number of nitrogens with two attached hydrogens (primary N) is 1. The van der Waals surface area contributed by atoms with Gasteiger partial charge in [-0.15, -0.1) is 0 Å². The molecule has 1 aliphatic heterocycles. The quantitative estimate of drug-likeness (QED) is 0.661. The Morgan fingerprint density at radius 2 is 2.31 bits per heavy atom. The first-order valence-corrected chi connectivity index (χ1v) is 9.21. The number of imidazole rings is 1. The summed E-state index contributed by atoms with van der Waals surface area (Å²) >= 11 is 0. The fraction of sp³-hybridized carbons (Fsp3) is 0.300. The molecule has 3 aromatic rings. The SMILES string of the molecule is CC(C#Cc1ncc(F)cc1C1CCCN1c1ccc2[nH]cnc2n1)OC(N)=O.